The summed E-state index contributed by atoms with van der Waals surface area (Å²) in [5, 5.41) is 3.32. The molecule has 1 N–H and O–H groups in total. The number of hydrogen-bond donors (Lipinski definition) is 1. The van der Waals surface area contributed by atoms with Gasteiger partial charge in [-0.2, -0.15) is 0 Å². The number of amides is 4. The number of imide groups is 1. The van der Waals surface area contributed by atoms with E-state index < -0.39 is 5.54 Å². The van der Waals surface area contributed by atoms with Crippen LogP contribution >= 0.6 is 0 Å². The summed E-state index contributed by atoms with van der Waals surface area (Å²) in [6.07, 6.45) is 7.19. The van der Waals surface area contributed by atoms with Crippen LogP contribution in [-0.2, 0) is 9.59 Å². The third-order valence-electron chi connectivity index (χ3n) is 6.31. The van der Waals surface area contributed by atoms with E-state index in [9.17, 15) is 14.4 Å². The van der Waals surface area contributed by atoms with E-state index in [1.165, 1.54) is 4.90 Å². The van der Waals surface area contributed by atoms with E-state index >= 15 is 0 Å². The summed E-state index contributed by atoms with van der Waals surface area (Å²) < 4.78 is 0. The van der Waals surface area contributed by atoms with E-state index in [4.69, 9.17) is 0 Å². The van der Waals surface area contributed by atoms with Crippen molar-refractivity contribution in [1.82, 2.24) is 20.0 Å². The highest BCUT2D eigenvalue weighted by Crippen LogP contribution is 2.39. The number of nitrogens with zero attached hydrogens (tertiary/aromatic N) is 3. The van der Waals surface area contributed by atoms with Crippen LogP contribution in [0.25, 0.3) is 0 Å². The Morgan fingerprint density at radius 3 is 2.46 bits per heavy atom. The fourth-order valence-corrected chi connectivity index (χ4v) is 4.77. The van der Waals surface area contributed by atoms with E-state index in [-0.39, 0.29) is 30.4 Å². The van der Waals surface area contributed by atoms with Crippen molar-refractivity contribution in [2.75, 3.05) is 33.2 Å². The first-order chi connectivity index (χ1) is 12.5. The van der Waals surface area contributed by atoms with E-state index in [1.54, 1.807) is 11.9 Å². The second-order valence-corrected chi connectivity index (χ2v) is 7.89. The lowest BCUT2D eigenvalue weighted by Gasteiger charge is -2.36. The first-order valence-electron chi connectivity index (χ1n) is 10.1. The lowest BCUT2D eigenvalue weighted by Crippen LogP contribution is -2.51. The molecular formula is C19H32N4O3. The molecule has 1 aliphatic carbocycles. The molecule has 2 heterocycles. The molecule has 0 unspecified atom stereocenters. The Morgan fingerprint density at radius 1 is 1.19 bits per heavy atom. The summed E-state index contributed by atoms with van der Waals surface area (Å²) in [6.45, 7) is 4.43. The number of likely N-dealkylation sites (N-methyl/N-ethyl adjacent to an activating group) is 1. The van der Waals surface area contributed by atoms with Gasteiger partial charge in [-0.3, -0.25) is 14.5 Å². The van der Waals surface area contributed by atoms with Gasteiger partial charge in [0.05, 0.1) is 0 Å². The molecule has 0 atom stereocenters. The van der Waals surface area contributed by atoms with Gasteiger partial charge in [0.25, 0.3) is 5.91 Å². The molecule has 0 aromatic heterocycles. The zero-order valence-electron chi connectivity index (χ0n) is 16.1. The normalized spacial score (nSPS) is 23.8. The maximum atomic E-state index is 13.1. The molecule has 2 saturated heterocycles. The van der Waals surface area contributed by atoms with E-state index in [0.717, 1.165) is 51.6 Å². The van der Waals surface area contributed by atoms with Gasteiger partial charge in [-0.05, 0) is 45.2 Å². The second kappa shape index (κ2) is 7.94. The van der Waals surface area contributed by atoms with Crippen LogP contribution < -0.4 is 5.32 Å². The maximum Gasteiger partial charge on any atom is 0.327 e. The number of carbonyl (C=O) groups is 3. The van der Waals surface area contributed by atoms with Gasteiger partial charge in [-0.1, -0.05) is 26.2 Å². The third kappa shape index (κ3) is 3.33. The van der Waals surface area contributed by atoms with Crippen molar-refractivity contribution in [2.45, 2.75) is 69.9 Å². The van der Waals surface area contributed by atoms with Gasteiger partial charge in [-0.15, -0.1) is 0 Å². The number of piperidine rings is 1. The molecule has 3 aliphatic rings. The molecule has 4 amide bonds. The number of urea groups is 1. The smallest absolute Gasteiger partial charge is 0.327 e. The molecule has 7 nitrogen and oxygen atoms in total. The minimum absolute atomic E-state index is 0.0956. The average molecular weight is 364 g/mol. The number of hydrogen-bond acceptors (Lipinski definition) is 4. The second-order valence-electron chi connectivity index (χ2n) is 7.89. The molecule has 3 rings (SSSR count). The average Bonchev–Trinajstić information content (AvgIpc) is 2.83. The summed E-state index contributed by atoms with van der Waals surface area (Å²) in [6, 6.07) is -0.107. The SMILES string of the molecule is CCCN(C(=O)CN1C(=O)N(C)C2(CCCCC2)C1=O)C1CCNCC1. The fourth-order valence-electron chi connectivity index (χ4n) is 4.77. The highest BCUT2D eigenvalue weighted by Gasteiger charge is 2.56. The Bertz CT molecular complexity index is 553. The van der Waals surface area contributed by atoms with Gasteiger partial charge >= 0.3 is 6.03 Å². The topological polar surface area (TPSA) is 73.0 Å². The van der Waals surface area contributed by atoms with Crippen molar-refractivity contribution in [3.8, 4) is 0 Å². The number of carbonyl (C=O) groups excluding carboxylic acids is 3. The Morgan fingerprint density at radius 2 is 1.85 bits per heavy atom. The molecule has 7 heteroatoms. The molecule has 26 heavy (non-hydrogen) atoms. The summed E-state index contributed by atoms with van der Waals surface area (Å²) in [4.78, 5) is 43.5. The van der Waals surface area contributed by atoms with Crippen LogP contribution in [0.15, 0.2) is 0 Å². The van der Waals surface area contributed by atoms with Crippen molar-refractivity contribution < 1.29 is 14.4 Å². The predicted octanol–water partition coefficient (Wildman–Crippen LogP) is 1.57. The largest absolute Gasteiger partial charge is 0.338 e. The molecule has 0 aromatic carbocycles. The monoisotopic (exact) mass is 364 g/mol. The molecule has 1 saturated carbocycles. The molecule has 0 bridgehead atoms. The van der Waals surface area contributed by atoms with Crippen LogP contribution in [-0.4, -0.2) is 77.4 Å². The van der Waals surface area contributed by atoms with Gasteiger partial charge in [0.2, 0.25) is 5.91 Å². The Kier molecular flexibility index (Phi) is 5.85. The summed E-state index contributed by atoms with van der Waals surface area (Å²) in [5.74, 6) is -0.262. The highest BCUT2D eigenvalue weighted by atomic mass is 16.2. The fraction of sp³-hybridized carbons (Fsp3) is 0.842. The molecule has 1 spiro atoms. The first kappa shape index (κ1) is 19.1. The van der Waals surface area contributed by atoms with Gasteiger partial charge in [0.1, 0.15) is 12.1 Å². The maximum absolute atomic E-state index is 13.1. The molecule has 146 valence electrons. The van der Waals surface area contributed by atoms with Crippen LogP contribution in [0.5, 0.6) is 0 Å². The van der Waals surface area contributed by atoms with Crippen LogP contribution in [0.2, 0.25) is 0 Å². The minimum Gasteiger partial charge on any atom is -0.338 e. The molecule has 2 aliphatic heterocycles. The van der Waals surface area contributed by atoms with Gasteiger partial charge in [0.15, 0.2) is 0 Å². The molecular weight excluding hydrogens is 332 g/mol. The van der Waals surface area contributed by atoms with E-state index in [2.05, 4.69) is 12.2 Å². The zero-order valence-corrected chi connectivity index (χ0v) is 16.1. The number of nitrogens with one attached hydrogen (secondary N) is 1. The van der Waals surface area contributed by atoms with E-state index in [1.807, 2.05) is 4.90 Å². The third-order valence-corrected chi connectivity index (χ3v) is 6.31. The van der Waals surface area contributed by atoms with Crippen molar-refractivity contribution in [3.63, 3.8) is 0 Å². The Labute approximate surface area is 156 Å². The van der Waals surface area contributed by atoms with Crippen LogP contribution in [0.3, 0.4) is 0 Å². The Balaban J connectivity index is 1.72. The lowest BCUT2D eigenvalue weighted by atomic mass is 9.81. The summed E-state index contributed by atoms with van der Waals surface area (Å²) in [5.41, 5.74) is -0.708. The predicted molar refractivity (Wildman–Crippen MR) is 98.6 cm³/mol. The van der Waals surface area contributed by atoms with Gasteiger partial charge < -0.3 is 15.1 Å². The Hall–Kier alpha value is -1.63. The van der Waals surface area contributed by atoms with Gasteiger partial charge in [0, 0.05) is 19.6 Å². The lowest BCUT2D eigenvalue weighted by molar-refractivity contribution is -0.141. The van der Waals surface area contributed by atoms with Crippen LogP contribution in [0.1, 0.15) is 58.3 Å². The summed E-state index contributed by atoms with van der Waals surface area (Å²) >= 11 is 0. The van der Waals surface area contributed by atoms with E-state index in [0.29, 0.717) is 19.4 Å². The first-order valence-corrected chi connectivity index (χ1v) is 10.1. The van der Waals surface area contributed by atoms with Crippen LogP contribution in [0, 0.1) is 0 Å². The van der Waals surface area contributed by atoms with Crippen molar-refractivity contribution >= 4 is 17.8 Å². The van der Waals surface area contributed by atoms with Crippen LogP contribution in [0.4, 0.5) is 4.79 Å². The van der Waals surface area contributed by atoms with Crippen molar-refractivity contribution in [3.05, 3.63) is 0 Å². The molecule has 0 aromatic rings. The quantitative estimate of drug-likeness (QED) is 0.752. The molecule has 3 fully saturated rings. The van der Waals surface area contributed by atoms with Crippen molar-refractivity contribution in [1.29, 1.82) is 0 Å². The highest BCUT2D eigenvalue weighted by molar-refractivity contribution is 6.08. The molecule has 0 radical (unpaired) electrons. The van der Waals surface area contributed by atoms with Crippen molar-refractivity contribution in [2.24, 2.45) is 0 Å². The van der Waals surface area contributed by atoms with Gasteiger partial charge in [-0.25, -0.2) is 4.79 Å². The summed E-state index contributed by atoms with van der Waals surface area (Å²) in [7, 11) is 1.71. The zero-order chi connectivity index (χ0) is 18.7. The number of rotatable bonds is 5. The standard InChI is InChI=1S/C19H32N4O3/c1-3-13-22(15-7-11-20-12-8-15)16(24)14-23-17(25)19(21(2)18(23)26)9-5-4-6-10-19/h15,20H,3-14H2,1-2H3. The minimum atomic E-state index is -0.708.